The molecule has 0 saturated heterocycles. The molecule has 0 aliphatic heterocycles. The lowest BCUT2D eigenvalue weighted by atomic mass is 10.2. The van der Waals surface area contributed by atoms with Crippen molar-refractivity contribution in [3.05, 3.63) is 35.4 Å². The van der Waals surface area contributed by atoms with Crippen LogP contribution in [0.2, 0.25) is 0 Å². The van der Waals surface area contributed by atoms with Crippen LogP contribution in [-0.4, -0.2) is 36.2 Å². The number of nitrogens with one attached hydrogen (secondary N) is 1. The molecular formula is C15H21F2NO5. The third-order valence-electron chi connectivity index (χ3n) is 2.59. The number of benzene rings is 1. The first kappa shape index (κ1) is 19.3. The van der Waals surface area contributed by atoms with E-state index in [9.17, 15) is 13.6 Å². The summed E-state index contributed by atoms with van der Waals surface area (Å²) in [6, 6.07) is 2.45. The van der Waals surface area contributed by atoms with Gasteiger partial charge in [-0.25, -0.2) is 18.5 Å². The van der Waals surface area contributed by atoms with Gasteiger partial charge in [-0.1, -0.05) is 6.07 Å². The molecule has 0 bridgehead atoms. The van der Waals surface area contributed by atoms with E-state index < -0.39 is 29.4 Å². The van der Waals surface area contributed by atoms with Gasteiger partial charge in [0.1, 0.15) is 23.8 Å². The van der Waals surface area contributed by atoms with Crippen LogP contribution in [0, 0.1) is 11.6 Å². The lowest BCUT2D eigenvalue weighted by molar-refractivity contribution is -0.248. The van der Waals surface area contributed by atoms with Crippen molar-refractivity contribution in [1.29, 1.82) is 0 Å². The van der Waals surface area contributed by atoms with Gasteiger partial charge in [0, 0.05) is 11.6 Å². The molecule has 130 valence electrons. The fourth-order valence-electron chi connectivity index (χ4n) is 1.65. The molecule has 0 unspecified atom stereocenters. The molecule has 0 saturated carbocycles. The third-order valence-corrected chi connectivity index (χ3v) is 2.59. The maximum Gasteiger partial charge on any atom is 0.408 e. The van der Waals surface area contributed by atoms with Gasteiger partial charge in [-0.15, -0.1) is 0 Å². The van der Waals surface area contributed by atoms with Crippen molar-refractivity contribution in [1.82, 2.24) is 5.32 Å². The summed E-state index contributed by atoms with van der Waals surface area (Å²) >= 11 is 0. The van der Waals surface area contributed by atoms with Crippen molar-refractivity contribution < 1.29 is 33.2 Å². The average Bonchev–Trinajstić information content (AvgIpc) is 2.39. The van der Waals surface area contributed by atoms with Crippen molar-refractivity contribution in [3.8, 4) is 0 Å². The first-order valence-corrected chi connectivity index (χ1v) is 6.99. The highest BCUT2D eigenvalue weighted by molar-refractivity contribution is 5.68. The summed E-state index contributed by atoms with van der Waals surface area (Å²) in [4.78, 5) is 15.6. The molecule has 6 nitrogen and oxygen atoms in total. The Balaban J connectivity index is 2.48. The van der Waals surface area contributed by atoms with Crippen LogP contribution in [0.25, 0.3) is 0 Å². The van der Waals surface area contributed by atoms with Crippen molar-refractivity contribution in [3.63, 3.8) is 0 Å². The van der Waals surface area contributed by atoms with E-state index in [1.54, 1.807) is 20.8 Å². The van der Waals surface area contributed by atoms with Gasteiger partial charge in [-0.2, -0.15) is 0 Å². The zero-order valence-corrected chi connectivity index (χ0v) is 13.3. The largest absolute Gasteiger partial charge is 0.444 e. The number of alkyl carbamates (subject to hydrolysis) is 1. The minimum atomic E-state index is -0.722. The molecule has 1 amide bonds. The molecule has 0 heterocycles. The molecule has 8 heteroatoms. The van der Waals surface area contributed by atoms with E-state index in [4.69, 9.17) is 14.7 Å². The van der Waals surface area contributed by atoms with Crippen LogP contribution in [0.4, 0.5) is 13.6 Å². The molecule has 2 N–H and O–H groups in total. The summed E-state index contributed by atoms with van der Waals surface area (Å²) in [5, 5.41) is 11.0. The van der Waals surface area contributed by atoms with Crippen LogP contribution < -0.4 is 5.32 Å². The van der Waals surface area contributed by atoms with Gasteiger partial charge in [0.05, 0.1) is 19.3 Å². The van der Waals surface area contributed by atoms with E-state index in [0.717, 1.165) is 12.1 Å². The van der Waals surface area contributed by atoms with E-state index in [-0.39, 0.29) is 25.4 Å². The fraction of sp³-hybridized carbons (Fsp3) is 0.533. The molecule has 1 rings (SSSR count). The van der Waals surface area contributed by atoms with Gasteiger partial charge in [0.25, 0.3) is 0 Å². The predicted octanol–water partition coefficient (Wildman–Crippen LogP) is 2.86. The Morgan fingerprint density at radius 3 is 2.57 bits per heavy atom. The van der Waals surface area contributed by atoms with Crippen molar-refractivity contribution in [2.24, 2.45) is 0 Å². The van der Waals surface area contributed by atoms with E-state index in [1.807, 2.05) is 0 Å². The summed E-state index contributed by atoms with van der Waals surface area (Å²) in [5.41, 5.74) is -0.500. The SMILES string of the molecule is CC(C)(C)OC(=O)N[C@@H](COO)COCc1ccc(F)cc1F. The van der Waals surface area contributed by atoms with Gasteiger partial charge in [-0.05, 0) is 26.8 Å². The van der Waals surface area contributed by atoms with Crippen LogP contribution in [0.5, 0.6) is 0 Å². The summed E-state index contributed by atoms with van der Waals surface area (Å²) in [6.07, 6.45) is -0.698. The molecule has 0 aromatic heterocycles. The second kappa shape index (κ2) is 8.76. The van der Waals surface area contributed by atoms with Crippen molar-refractivity contribution >= 4 is 6.09 Å². The highest BCUT2D eigenvalue weighted by atomic mass is 19.1. The van der Waals surface area contributed by atoms with Crippen LogP contribution in [0.1, 0.15) is 26.3 Å². The Hall–Kier alpha value is -1.77. The Morgan fingerprint density at radius 1 is 1.30 bits per heavy atom. The molecular weight excluding hydrogens is 312 g/mol. The Bertz CT molecular complexity index is 519. The minimum Gasteiger partial charge on any atom is -0.444 e. The number of amides is 1. The summed E-state index contributed by atoms with van der Waals surface area (Å²) in [5.74, 6) is -1.40. The standard InChI is InChI=1S/C15H21F2NO5/c1-15(2,3)23-14(19)18-12(9-22-20)8-21-7-10-4-5-11(16)6-13(10)17/h4-6,12,20H,7-9H2,1-3H3,(H,18,19)/t12-/m1/s1. The molecule has 1 atom stereocenters. The number of hydrogen-bond donors (Lipinski definition) is 2. The maximum atomic E-state index is 13.4. The van der Waals surface area contributed by atoms with Crippen LogP contribution in [0.3, 0.4) is 0 Å². The molecule has 23 heavy (non-hydrogen) atoms. The molecule has 0 aliphatic carbocycles. The van der Waals surface area contributed by atoms with Crippen molar-refractivity contribution in [2.75, 3.05) is 13.2 Å². The Kier molecular flexibility index (Phi) is 7.34. The number of hydrogen-bond acceptors (Lipinski definition) is 5. The van der Waals surface area contributed by atoms with E-state index in [1.165, 1.54) is 6.07 Å². The second-order valence-electron chi connectivity index (χ2n) is 5.89. The normalized spacial score (nSPS) is 12.8. The summed E-state index contributed by atoms with van der Waals surface area (Å²) in [7, 11) is 0. The highest BCUT2D eigenvalue weighted by Gasteiger charge is 2.20. The Labute approximate surface area is 133 Å². The van der Waals surface area contributed by atoms with Gasteiger partial charge in [0.15, 0.2) is 0 Å². The molecule has 0 radical (unpaired) electrons. The van der Waals surface area contributed by atoms with Gasteiger partial charge < -0.3 is 14.8 Å². The summed E-state index contributed by atoms with van der Waals surface area (Å²) < 4.78 is 36.6. The summed E-state index contributed by atoms with van der Waals surface area (Å²) in [6.45, 7) is 4.71. The molecule has 0 spiro atoms. The topological polar surface area (TPSA) is 77.0 Å². The van der Waals surface area contributed by atoms with Gasteiger partial charge in [0.2, 0.25) is 0 Å². The number of carbonyl (C=O) groups excluding carboxylic acids is 1. The third kappa shape index (κ3) is 7.87. The smallest absolute Gasteiger partial charge is 0.408 e. The maximum absolute atomic E-state index is 13.4. The first-order valence-electron chi connectivity index (χ1n) is 6.99. The van der Waals surface area contributed by atoms with E-state index in [2.05, 4.69) is 10.2 Å². The zero-order chi connectivity index (χ0) is 17.5. The monoisotopic (exact) mass is 333 g/mol. The average molecular weight is 333 g/mol. The van der Waals surface area contributed by atoms with Gasteiger partial charge >= 0.3 is 6.09 Å². The Morgan fingerprint density at radius 2 is 2.00 bits per heavy atom. The highest BCUT2D eigenvalue weighted by Crippen LogP contribution is 2.11. The second-order valence-corrected chi connectivity index (χ2v) is 5.89. The number of carbonyl (C=O) groups is 1. The number of halogens is 2. The predicted molar refractivity (Wildman–Crippen MR) is 77.8 cm³/mol. The molecule has 0 aliphatic rings. The van der Waals surface area contributed by atoms with Crippen LogP contribution >= 0.6 is 0 Å². The molecule has 1 aromatic rings. The van der Waals surface area contributed by atoms with Crippen LogP contribution in [0.15, 0.2) is 18.2 Å². The van der Waals surface area contributed by atoms with Crippen LogP contribution in [-0.2, 0) is 21.0 Å². The number of ether oxygens (including phenoxy) is 2. The molecule has 1 aromatic carbocycles. The zero-order valence-electron chi connectivity index (χ0n) is 13.3. The lowest BCUT2D eigenvalue weighted by Gasteiger charge is -2.23. The number of rotatable bonds is 7. The van der Waals surface area contributed by atoms with Crippen molar-refractivity contribution in [2.45, 2.75) is 39.0 Å². The molecule has 0 fully saturated rings. The minimum absolute atomic E-state index is 0.0589. The van der Waals surface area contributed by atoms with Gasteiger partial charge in [-0.3, -0.25) is 5.26 Å². The fourth-order valence-corrected chi connectivity index (χ4v) is 1.65. The quantitative estimate of drug-likeness (QED) is 0.593. The van der Waals surface area contributed by atoms with E-state index in [0.29, 0.717) is 0 Å². The first-order chi connectivity index (χ1) is 10.7. The lowest BCUT2D eigenvalue weighted by Crippen LogP contribution is -2.43. The van der Waals surface area contributed by atoms with E-state index >= 15 is 0 Å².